The Morgan fingerprint density at radius 3 is 2.76 bits per heavy atom. The zero-order chi connectivity index (χ0) is 24.1. The van der Waals surface area contributed by atoms with Crippen LogP contribution in [-0.4, -0.2) is 60.5 Å². The molecule has 1 aromatic heterocycles. The van der Waals surface area contributed by atoms with E-state index in [2.05, 4.69) is 15.0 Å². The average Bonchev–Trinajstić information content (AvgIpc) is 3.32. The highest BCUT2D eigenvalue weighted by molar-refractivity contribution is 7.89. The van der Waals surface area contributed by atoms with Crippen LogP contribution in [0.4, 0.5) is 4.39 Å². The van der Waals surface area contributed by atoms with Crippen molar-refractivity contribution in [2.24, 2.45) is 0 Å². The van der Waals surface area contributed by atoms with Gasteiger partial charge in [-0.2, -0.15) is 0 Å². The number of benzene rings is 2. The molecule has 0 spiro atoms. The summed E-state index contributed by atoms with van der Waals surface area (Å²) in [4.78, 5) is 0.0915. The number of methoxy groups -OCH3 is 1. The summed E-state index contributed by atoms with van der Waals surface area (Å²) in [6.07, 6.45) is 2.74. The van der Waals surface area contributed by atoms with Gasteiger partial charge in [-0.25, -0.2) is 17.5 Å². The van der Waals surface area contributed by atoms with Crippen LogP contribution in [0.5, 0.6) is 5.75 Å². The lowest BCUT2D eigenvalue weighted by Gasteiger charge is -2.36. The lowest BCUT2D eigenvalue weighted by Crippen LogP contribution is -2.50. The van der Waals surface area contributed by atoms with Crippen molar-refractivity contribution in [1.29, 1.82) is 0 Å². The fourth-order valence-electron chi connectivity index (χ4n) is 3.95. The molecule has 3 atom stereocenters. The molecular weight excluding hydrogens is 463 g/mol. The number of aryl methyl sites for hydroxylation is 1. The van der Waals surface area contributed by atoms with E-state index in [-0.39, 0.29) is 23.4 Å². The van der Waals surface area contributed by atoms with E-state index < -0.39 is 22.2 Å². The summed E-state index contributed by atoms with van der Waals surface area (Å²) in [5.74, 6) is 0.130. The van der Waals surface area contributed by atoms with Gasteiger partial charge in [-0.3, -0.25) is 4.68 Å². The van der Waals surface area contributed by atoms with Crippen molar-refractivity contribution < 1.29 is 27.4 Å². The van der Waals surface area contributed by atoms with Gasteiger partial charge in [-0.05, 0) is 55.7 Å². The van der Waals surface area contributed by atoms with Gasteiger partial charge in [0, 0.05) is 18.2 Å². The van der Waals surface area contributed by atoms with Crippen LogP contribution in [-0.2, 0) is 21.3 Å². The van der Waals surface area contributed by atoms with E-state index >= 15 is 0 Å². The first-order valence-corrected chi connectivity index (χ1v) is 12.4. The molecule has 2 heterocycles. The molecule has 34 heavy (non-hydrogen) atoms. The lowest BCUT2D eigenvalue weighted by molar-refractivity contribution is -0.0891. The minimum atomic E-state index is -3.80. The Morgan fingerprint density at radius 2 is 2.03 bits per heavy atom. The first kappa shape index (κ1) is 24.3. The fourth-order valence-corrected chi connectivity index (χ4v) is 5.28. The second kappa shape index (κ2) is 10.6. The number of hydrogen-bond acceptors (Lipinski definition) is 7. The maximum atomic E-state index is 13.1. The van der Waals surface area contributed by atoms with E-state index in [0.29, 0.717) is 37.3 Å². The number of nitrogens with one attached hydrogen (secondary N) is 1. The van der Waals surface area contributed by atoms with Gasteiger partial charge in [0.25, 0.3) is 0 Å². The largest absolute Gasteiger partial charge is 0.497 e. The van der Waals surface area contributed by atoms with E-state index in [1.54, 1.807) is 35.1 Å². The Bertz CT molecular complexity index is 1200. The predicted octanol–water partition coefficient (Wildman–Crippen LogP) is 2.37. The first-order chi connectivity index (χ1) is 16.4. The van der Waals surface area contributed by atoms with Crippen LogP contribution in [0.1, 0.15) is 19.3 Å². The summed E-state index contributed by atoms with van der Waals surface area (Å²) in [6, 6.07) is 11.7. The van der Waals surface area contributed by atoms with E-state index in [1.165, 1.54) is 31.4 Å². The molecule has 4 rings (SSSR count). The molecule has 0 amide bonds. The number of hydrogen-bond donors (Lipinski definition) is 2. The van der Waals surface area contributed by atoms with Crippen LogP contribution in [0, 0.1) is 5.82 Å². The molecule has 0 saturated carbocycles. The summed E-state index contributed by atoms with van der Waals surface area (Å²) in [5, 5.41) is 18.1. The summed E-state index contributed by atoms with van der Waals surface area (Å²) in [7, 11) is -2.33. The topological polar surface area (TPSA) is 116 Å². The van der Waals surface area contributed by atoms with E-state index in [4.69, 9.17) is 9.47 Å². The van der Waals surface area contributed by atoms with Gasteiger partial charge in [-0.15, -0.1) is 5.10 Å². The molecule has 3 aromatic rings. The Labute approximate surface area is 197 Å². The van der Waals surface area contributed by atoms with Gasteiger partial charge >= 0.3 is 0 Å². The third kappa shape index (κ3) is 5.79. The lowest BCUT2D eigenvalue weighted by atomic mass is 9.98. The molecular formula is C23H27FN4O5S. The normalized spacial score (nSPS) is 20.9. The molecule has 0 radical (unpaired) electrons. The molecule has 2 aromatic carbocycles. The minimum absolute atomic E-state index is 0.0915. The van der Waals surface area contributed by atoms with Crippen molar-refractivity contribution in [2.45, 2.75) is 49.0 Å². The summed E-state index contributed by atoms with van der Waals surface area (Å²) >= 11 is 0. The van der Waals surface area contributed by atoms with Crippen molar-refractivity contribution in [2.75, 3.05) is 13.7 Å². The van der Waals surface area contributed by atoms with Crippen LogP contribution in [0.2, 0.25) is 0 Å². The van der Waals surface area contributed by atoms with Crippen molar-refractivity contribution in [3.8, 4) is 17.0 Å². The third-order valence-corrected chi connectivity index (χ3v) is 7.30. The number of ether oxygens (including phenoxy) is 2. The quantitative estimate of drug-likeness (QED) is 0.473. The maximum Gasteiger partial charge on any atom is 0.241 e. The number of rotatable bonds is 9. The van der Waals surface area contributed by atoms with Crippen molar-refractivity contribution >= 4 is 10.0 Å². The van der Waals surface area contributed by atoms with Crippen LogP contribution in [0.3, 0.4) is 0 Å². The van der Waals surface area contributed by atoms with Crippen molar-refractivity contribution in [1.82, 2.24) is 19.7 Å². The number of halogens is 1. The van der Waals surface area contributed by atoms with Gasteiger partial charge < -0.3 is 14.6 Å². The number of nitrogens with zero attached hydrogens (tertiary/aromatic N) is 3. The fraction of sp³-hybridized carbons (Fsp3) is 0.391. The monoisotopic (exact) mass is 490 g/mol. The van der Waals surface area contributed by atoms with Crippen LogP contribution >= 0.6 is 0 Å². The summed E-state index contributed by atoms with van der Waals surface area (Å²) in [6.45, 7) is 0.233. The van der Waals surface area contributed by atoms with E-state index in [9.17, 15) is 17.9 Å². The smallest absolute Gasteiger partial charge is 0.241 e. The third-order valence-electron chi connectivity index (χ3n) is 5.81. The molecule has 0 aliphatic carbocycles. The molecule has 182 valence electrons. The number of aromatic nitrogens is 3. The van der Waals surface area contributed by atoms with Crippen molar-refractivity contribution in [3.63, 3.8) is 0 Å². The van der Waals surface area contributed by atoms with E-state index in [1.807, 2.05) is 0 Å². The Morgan fingerprint density at radius 1 is 1.24 bits per heavy atom. The maximum absolute atomic E-state index is 13.1. The molecule has 0 bridgehead atoms. The summed E-state index contributed by atoms with van der Waals surface area (Å²) in [5.41, 5.74) is 1.41. The van der Waals surface area contributed by atoms with Crippen LogP contribution in [0.25, 0.3) is 11.3 Å². The highest BCUT2D eigenvalue weighted by atomic mass is 32.2. The molecule has 1 aliphatic rings. The number of aliphatic hydroxyl groups excluding tert-OH is 1. The van der Waals surface area contributed by atoms with Crippen LogP contribution in [0.15, 0.2) is 59.6 Å². The zero-order valence-electron chi connectivity index (χ0n) is 18.7. The van der Waals surface area contributed by atoms with Crippen molar-refractivity contribution in [3.05, 3.63) is 60.5 Å². The van der Waals surface area contributed by atoms with Gasteiger partial charge in [0.15, 0.2) is 0 Å². The number of aliphatic hydroxyl groups is 1. The standard InChI is InChI=1S/C23H27FN4O5S/c1-32-19-3-2-4-20(13-19)34(30,31)26-21-10-9-18(33-23(21)15-29)11-12-28-14-22(25-27-28)16-5-7-17(24)8-6-16/h2-8,13-14,18,21,23,26,29H,9-12,15H2,1H3/t18-,21+,23+/m1/s1. The Hall–Kier alpha value is -2.86. The second-order valence-corrected chi connectivity index (χ2v) is 9.84. The van der Waals surface area contributed by atoms with E-state index in [0.717, 1.165) is 5.56 Å². The molecule has 1 aliphatic heterocycles. The zero-order valence-corrected chi connectivity index (χ0v) is 19.5. The van der Waals surface area contributed by atoms with Gasteiger partial charge in [0.05, 0.1) is 43.1 Å². The first-order valence-electron chi connectivity index (χ1n) is 11.0. The highest BCUT2D eigenvalue weighted by Gasteiger charge is 2.34. The SMILES string of the molecule is COc1cccc(S(=O)(=O)N[C@H]2CC[C@H](CCn3cc(-c4ccc(F)cc4)nn3)O[C@H]2CO)c1. The average molecular weight is 491 g/mol. The highest BCUT2D eigenvalue weighted by Crippen LogP contribution is 2.25. The molecule has 9 nitrogen and oxygen atoms in total. The Balaban J connectivity index is 1.33. The van der Waals surface area contributed by atoms with Crippen LogP contribution < -0.4 is 9.46 Å². The predicted molar refractivity (Wildman–Crippen MR) is 122 cm³/mol. The van der Waals surface area contributed by atoms with Gasteiger partial charge in [0.2, 0.25) is 10.0 Å². The minimum Gasteiger partial charge on any atom is -0.497 e. The Kier molecular flexibility index (Phi) is 7.57. The molecule has 0 unspecified atom stereocenters. The second-order valence-electron chi connectivity index (χ2n) is 8.13. The molecule has 2 N–H and O–H groups in total. The van der Waals surface area contributed by atoms with Gasteiger partial charge in [-0.1, -0.05) is 11.3 Å². The molecule has 11 heteroatoms. The number of sulfonamides is 1. The summed E-state index contributed by atoms with van der Waals surface area (Å²) < 4.78 is 54.2. The molecule has 1 saturated heterocycles. The van der Waals surface area contributed by atoms with Gasteiger partial charge in [0.1, 0.15) is 17.3 Å². The molecule has 1 fully saturated rings.